The highest BCUT2D eigenvalue weighted by Gasteiger charge is 2.00. The van der Waals surface area contributed by atoms with Crippen LogP contribution in [0, 0.1) is 12.3 Å². The first-order valence-electron chi connectivity index (χ1n) is 10.1. The van der Waals surface area contributed by atoms with E-state index in [2.05, 4.69) is 23.9 Å². The first kappa shape index (κ1) is 23.4. The molecule has 0 aliphatic carbocycles. The average Bonchev–Trinajstić information content (AvgIpc) is 2.59. The van der Waals surface area contributed by atoms with E-state index in [1.165, 1.54) is 77.0 Å². The van der Waals surface area contributed by atoms with Gasteiger partial charge in [0.1, 0.15) is 0 Å². The van der Waals surface area contributed by atoms with Gasteiger partial charge < -0.3 is 5.32 Å². The van der Waals surface area contributed by atoms with Crippen molar-refractivity contribution in [2.75, 3.05) is 12.3 Å². The Labute approximate surface area is 156 Å². The first-order valence-corrected chi connectivity index (χ1v) is 10.8. The third kappa shape index (κ3) is 19.4. The van der Waals surface area contributed by atoms with Gasteiger partial charge in [-0.15, -0.1) is 12.3 Å². The zero-order valence-corrected chi connectivity index (χ0v) is 16.6. The van der Waals surface area contributed by atoms with E-state index >= 15 is 0 Å². The second kappa shape index (κ2) is 20.4. The minimum absolute atomic E-state index is 0.182. The molecule has 0 aromatic heterocycles. The van der Waals surface area contributed by atoms with Gasteiger partial charge in [-0.05, 0) is 25.0 Å². The van der Waals surface area contributed by atoms with Gasteiger partial charge in [0.15, 0.2) is 0 Å². The largest absolute Gasteiger partial charge is 0.356 e. The standard InChI is InChI=1S/C21H39NOS/c1-2-3-16-19-22-21(23)18-15-13-11-9-7-5-4-6-8-10-12-14-17-20-24/h1,24H,3-20H2,(H,22,23). The van der Waals surface area contributed by atoms with Crippen LogP contribution in [0.15, 0.2) is 0 Å². The van der Waals surface area contributed by atoms with Crippen molar-refractivity contribution in [3.05, 3.63) is 0 Å². The van der Waals surface area contributed by atoms with E-state index in [0.29, 0.717) is 6.42 Å². The van der Waals surface area contributed by atoms with E-state index in [-0.39, 0.29) is 5.91 Å². The average molecular weight is 354 g/mol. The fourth-order valence-corrected chi connectivity index (χ4v) is 3.07. The monoisotopic (exact) mass is 353 g/mol. The van der Waals surface area contributed by atoms with Gasteiger partial charge in [0, 0.05) is 19.4 Å². The summed E-state index contributed by atoms with van der Waals surface area (Å²) in [6.45, 7) is 0.720. The van der Waals surface area contributed by atoms with E-state index in [9.17, 15) is 4.79 Å². The highest BCUT2D eigenvalue weighted by Crippen LogP contribution is 2.13. The second-order valence-electron chi connectivity index (χ2n) is 6.73. The van der Waals surface area contributed by atoms with Crippen molar-refractivity contribution in [3.63, 3.8) is 0 Å². The minimum Gasteiger partial charge on any atom is -0.356 e. The number of hydrogen-bond donors (Lipinski definition) is 2. The van der Waals surface area contributed by atoms with Crippen LogP contribution >= 0.6 is 12.6 Å². The van der Waals surface area contributed by atoms with Crippen molar-refractivity contribution in [3.8, 4) is 12.3 Å². The van der Waals surface area contributed by atoms with Crippen LogP contribution in [0.1, 0.15) is 103 Å². The highest BCUT2D eigenvalue weighted by atomic mass is 32.1. The first-order chi connectivity index (χ1) is 11.8. The number of carbonyl (C=O) groups is 1. The van der Waals surface area contributed by atoms with Crippen molar-refractivity contribution >= 4 is 18.5 Å². The lowest BCUT2D eigenvalue weighted by Crippen LogP contribution is -2.23. The van der Waals surface area contributed by atoms with Crippen LogP contribution in [0.2, 0.25) is 0 Å². The summed E-state index contributed by atoms with van der Waals surface area (Å²) in [6.07, 6.45) is 24.6. The molecular weight excluding hydrogens is 314 g/mol. The predicted molar refractivity (Wildman–Crippen MR) is 110 cm³/mol. The van der Waals surface area contributed by atoms with E-state index in [0.717, 1.165) is 31.6 Å². The maximum absolute atomic E-state index is 11.6. The second-order valence-corrected chi connectivity index (χ2v) is 7.17. The van der Waals surface area contributed by atoms with E-state index in [4.69, 9.17) is 6.42 Å². The molecule has 0 atom stereocenters. The van der Waals surface area contributed by atoms with E-state index in [1.54, 1.807) is 0 Å². The number of thiol groups is 1. The molecule has 0 radical (unpaired) electrons. The molecule has 0 unspecified atom stereocenters. The summed E-state index contributed by atoms with van der Waals surface area (Å²) in [5.41, 5.74) is 0. The van der Waals surface area contributed by atoms with Gasteiger partial charge in [-0.1, -0.05) is 70.6 Å². The van der Waals surface area contributed by atoms with Gasteiger partial charge in [0.2, 0.25) is 5.91 Å². The van der Waals surface area contributed by atoms with Gasteiger partial charge in [0.25, 0.3) is 0 Å². The Balaban J connectivity index is 3.09. The molecule has 3 heteroatoms. The quantitative estimate of drug-likeness (QED) is 0.179. The van der Waals surface area contributed by atoms with Crippen molar-refractivity contribution in [1.82, 2.24) is 5.32 Å². The van der Waals surface area contributed by atoms with Gasteiger partial charge in [-0.3, -0.25) is 4.79 Å². The molecule has 1 amide bonds. The number of hydrogen-bond acceptors (Lipinski definition) is 2. The number of terminal acetylenes is 1. The zero-order valence-electron chi connectivity index (χ0n) is 15.7. The number of nitrogens with one attached hydrogen (secondary N) is 1. The summed E-state index contributed by atoms with van der Waals surface area (Å²) in [6, 6.07) is 0. The Morgan fingerprint density at radius 3 is 1.67 bits per heavy atom. The molecule has 0 aromatic rings. The molecule has 0 fully saturated rings. The Kier molecular flexibility index (Phi) is 19.9. The Hall–Kier alpha value is -0.620. The number of carbonyl (C=O) groups excluding carboxylic acids is 1. The van der Waals surface area contributed by atoms with Crippen molar-refractivity contribution in [2.45, 2.75) is 103 Å². The van der Waals surface area contributed by atoms with Crippen LogP contribution in [0.4, 0.5) is 0 Å². The molecule has 0 spiro atoms. The molecule has 0 saturated carbocycles. The fraction of sp³-hybridized carbons (Fsp3) is 0.857. The van der Waals surface area contributed by atoms with Gasteiger partial charge in [-0.2, -0.15) is 12.6 Å². The number of amides is 1. The molecule has 0 aliphatic rings. The van der Waals surface area contributed by atoms with E-state index in [1.807, 2.05) is 0 Å². The van der Waals surface area contributed by atoms with Gasteiger partial charge >= 0.3 is 0 Å². The Morgan fingerprint density at radius 2 is 1.21 bits per heavy atom. The smallest absolute Gasteiger partial charge is 0.219 e. The lowest BCUT2D eigenvalue weighted by atomic mass is 10.0. The summed E-state index contributed by atoms with van der Waals surface area (Å²) in [4.78, 5) is 11.6. The molecule has 0 aromatic carbocycles. The third-order valence-corrected chi connectivity index (χ3v) is 4.70. The maximum Gasteiger partial charge on any atom is 0.219 e. The zero-order chi connectivity index (χ0) is 17.7. The Morgan fingerprint density at radius 1 is 0.750 bits per heavy atom. The van der Waals surface area contributed by atoms with Crippen LogP contribution in [-0.4, -0.2) is 18.2 Å². The predicted octanol–water partition coefficient (Wildman–Crippen LogP) is 5.91. The summed E-state index contributed by atoms with van der Waals surface area (Å²) in [5.74, 6) is 3.81. The molecule has 0 saturated heterocycles. The molecule has 2 nitrogen and oxygen atoms in total. The molecule has 0 bridgehead atoms. The lowest BCUT2D eigenvalue weighted by Gasteiger charge is -2.04. The van der Waals surface area contributed by atoms with E-state index < -0.39 is 0 Å². The molecule has 0 heterocycles. The van der Waals surface area contributed by atoms with Gasteiger partial charge in [0.05, 0.1) is 0 Å². The Bertz CT molecular complexity index is 311. The third-order valence-electron chi connectivity index (χ3n) is 4.38. The van der Waals surface area contributed by atoms with Crippen molar-refractivity contribution < 1.29 is 4.79 Å². The highest BCUT2D eigenvalue weighted by molar-refractivity contribution is 7.80. The van der Waals surface area contributed by atoms with Crippen LogP contribution in [0.5, 0.6) is 0 Å². The van der Waals surface area contributed by atoms with Crippen LogP contribution < -0.4 is 5.32 Å². The molecule has 140 valence electrons. The number of rotatable bonds is 18. The fourth-order valence-electron chi connectivity index (χ4n) is 2.85. The van der Waals surface area contributed by atoms with Crippen molar-refractivity contribution in [1.29, 1.82) is 0 Å². The maximum atomic E-state index is 11.6. The summed E-state index contributed by atoms with van der Waals surface area (Å²) in [5, 5.41) is 2.93. The minimum atomic E-state index is 0.182. The normalized spacial score (nSPS) is 10.5. The van der Waals surface area contributed by atoms with Crippen LogP contribution in [0.3, 0.4) is 0 Å². The number of unbranched alkanes of at least 4 members (excludes halogenated alkanes) is 13. The summed E-state index contributed by atoms with van der Waals surface area (Å²) >= 11 is 4.24. The molecule has 0 rings (SSSR count). The molecule has 1 N–H and O–H groups in total. The topological polar surface area (TPSA) is 29.1 Å². The lowest BCUT2D eigenvalue weighted by molar-refractivity contribution is -0.121. The molecular formula is C21H39NOS. The van der Waals surface area contributed by atoms with Crippen molar-refractivity contribution in [2.24, 2.45) is 0 Å². The van der Waals surface area contributed by atoms with Crippen LogP contribution in [0.25, 0.3) is 0 Å². The summed E-state index contributed by atoms with van der Waals surface area (Å²) < 4.78 is 0. The molecule has 0 aliphatic heterocycles. The SMILES string of the molecule is C#CCCCNC(=O)CCCCCCCCCCCCCCCS. The van der Waals surface area contributed by atoms with Crippen LogP contribution in [-0.2, 0) is 4.79 Å². The summed E-state index contributed by atoms with van der Waals surface area (Å²) in [7, 11) is 0. The van der Waals surface area contributed by atoms with Gasteiger partial charge in [-0.25, -0.2) is 0 Å². The molecule has 24 heavy (non-hydrogen) atoms.